The van der Waals surface area contributed by atoms with Crippen molar-refractivity contribution in [2.24, 2.45) is 13.0 Å². The summed E-state index contributed by atoms with van der Waals surface area (Å²) in [7, 11) is 3.10. The molecule has 0 aliphatic heterocycles. The second-order valence-corrected chi connectivity index (χ2v) is 5.48. The lowest BCUT2D eigenvalue weighted by atomic mass is 9.94. The fourth-order valence-corrected chi connectivity index (χ4v) is 2.52. The first-order valence-corrected chi connectivity index (χ1v) is 7.38. The number of amides is 1. The van der Waals surface area contributed by atoms with Gasteiger partial charge in [0, 0.05) is 13.2 Å². The highest BCUT2D eigenvalue weighted by Gasteiger charge is 2.28. The lowest BCUT2D eigenvalue weighted by Gasteiger charge is -2.24. The van der Waals surface area contributed by atoms with Crippen LogP contribution in [0, 0.1) is 12.8 Å². The zero-order chi connectivity index (χ0) is 17.0. The zero-order valence-electron chi connectivity index (χ0n) is 13.7. The van der Waals surface area contributed by atoms with Gasteiger partial charge in [0.15, 0.2) is 0 Å². The normalized spacial score (nSPS) is 13.2. The fraction of sp³-hybridized carbons (Fsp3) is 0.353. The molecule has 0 aliphatic carbocycles. The van der Waals surface area contributed by atoms with Crippen molar-refractivity contribution in [3.8, 4) is 0 Å². The molecular weight excluding hydrogens is 294 g/mol. The molecule has 2 atom stereocenters. The lowest BCUT2D eigenvalue weighted by molar-refractivity contribution is -0.145. The quantitative estimate of drug-likeness (QED) is 0.857. The van der Waals surface area contributed by atoms with E-state index in [0.717, 1.165) is 5.56 Å². The molecule has 1 aromatic heterocycles. The van der Waals surface area contributed by atoms with Crippen molar-refractivity contribution in [2.45, 2.75) is 19.9 Å². The molecule has 2 aromatic rings. The van der Waals surface area contributed by atoms with Crippen LogP contribution in [-0.4, -0.2) is 28.8 Å². The third-order valence-electron chi connectivity index (χ3n) is 3.78. The van der Waals surface area contributed by atoms with Crippen LogP contribution >= 0.6 is 0 Å². The Kier molecular flexibility index (Phi) is 5.16. The number of ether oxygens (including phenoxy) is 1. The number of aryl methyl sites for hydroxylation is 2. The molecule has 1 N–H and O–H groups in total. The first-order valence-electron chi connectivity index (χ1n) is 7.38. The molecule has 2 rings (SSSR count). The molecule has 1 heterocycles. The first kappa shape index (κ1) is 16.7. The van der Waals surface area contributed by atoms with Crippen molar-refractivity contribution in [2.75, 3.05) is 7.11 Å². The van der Waals surface area contributed by atoms with E-state index in [-0.39, 0.29) is 11.9 Å². The Balaban J connectivity index is 2.29. The molecule has 2 unspecified atom stereocenters. The molecule has 0 saturated heterocycles. The van der Waals surface area contributed by atoms with Gasteiger partial charge in [-0.2, -0.15) is 5.10 Å². The second-order valence-electron chi connectivity index (χ2n) is 5.48. The maximum absolute atomic E-state index is 12.6. The van der Waals surface area contributed by atoms with Gasteiger partial charge in [0.1, 0.15) is 0 Å². The van der Waals surface area contributed by atoms with E-state index in [2.05, 4.69) is 10.4 Å². The van der Waals surface area contributed by atoms with Gasteiger partial charge in [-0.25, -0.2) is 0 Å². The summed E-state index contributed by atoms with van der Waals surface area (Å²) < 4.78 is 6.41. The fourth-order valence-electron chi connectivity index (χ4n) is 2.52. The van der Waals surface area contributed by atoms with Crippen LogP contribution in [-0.2, 0) is 16.6 Å². The Hall–Kier alpha value is -2.63. The Morgan fingerprint density at radius 2 is 1.91 bits per heavy atom. The van der Waals surface area contributed by atoms with Crippen molar-refractivity contribution in [1.82, 2.24) is 15.1 Å². The number of benzene rings is 1. The molecule has 0 bridgehead atoms. The minimum atomic E-state index is -0.511. The third kappa shape index (κ3) is 3.77. The predicted octanol–water partition coefficient (Wildman–Crippen LogP) is 2.01. The number of carbonyl (C=O) groups excluding carboxylic acids is 2. The van der Waals surface area contributed by atoms with Crippen LogP contribution in [0.4, 0.5) is 0 Å². The highest BCUT2D eigenvalue weighted by Crippen LogP contribution is 2.23. The van der Waals surface area contributed by atoms with E-state index in [9.17, 15) is 9.59 Å². The number of carbonyl (C=O) groups is 2. The number of aromatic nitrogens is 2. The summed E-state index contributed by atoms with van der Waals surface area (Å²) >= 11 is 0. The number of hydrogen-bond acceptors (Lipinski definition) is 4. The average molecular weight is 315 g/mol. The average Bonchev–Trinajstić information content (AvgIpc) is 2.90. The van der Waals surface area contributed by atoms with Gasteiger partial charge >= 0.3 is 5.97 Å². The van der Waals surface area contributed by atoms with Crippen LogP contribution in [0.15, 0.2) is 36.5 Å². The smallest absolute Gasteiger partial charge is 0.310 e. The predicted molar refractivity (Wildman–Crippen MR) is 85.8 cm³/mol. The van der Waals surface area contributed by atoms with Crippen LogP contribution in [0.1, 0.15) is 34.6 Å². The van der Waals surface area contributed by atoms with E-state index in [1.807, 2.05) is 30.3 Å². The van der Waals surface area contributed by atoms with Gasteiger partial charge < -0.3 is 10.1 Å². The van der Waals surface area contributed by atoms with Gasteiger partial charge in [-0.15, -0.1) is 0 Å². The van der Waals surface area contributed by atoms with Gasteiger partial charge in [-0.3, -0.25) is 14.3 Å². The standard InChI is InChI=1S/C17H21N3O3/c1-11(17(22)23-4)15(13-8-6-5-7-9-13)18-16(21)14-10-20(3)19-12(14)2/h5-11,15H,1-4H3,(H,18,21). The Labute approximate surface area is 135 Å². The van der Waals surface area contributed by atoms with Crippen LogP contribution in [0.2, 0.25) is 0 Å². The number of nitrogens with one attached hydrogen (secondary N) is 1. The minimum absolute atomic E-state index is 0.264. The van der Waals surface area contributed by atoms with Gasteiger partial charge in [0.2, 0.25) is 0 Å². The van der Waals surface area contributed by atoms with Crippen molar-refractivity contribution < 1.29 is 14.3 Å². The van der Waals surface area contributed by atoms with Crippen LogP contribution < -0.4 is 5.32 Å². The SMILES string of the molecule is COC(=O)C(C)C(NC(=O)c1cn(C)nc1C)c1ccccc1. The van der Waals surface area contributed by atoms with E-state index in [1.165, 1.54) is 7.11 Å². The molecule has 6 nitrogen and oxygen atoms in total. The summed E-state index contributed by atoms with van der Waals surface area (Å²) in [5.74, 6) is -1.15. The lowest BCUT2D eigenvalue weighted by Crippen LogP contribution is -2.36. The summed E-state index contributed by atoms with van der Waals surface area (Å²) in [4.78, 5) is 24.5. The summed E-state index contributed by atoms with van der Waals surface area (Å²) in [6.07, 6.45) is 1.66. The van der Waals surface area contributed by atoms with Crippen LogP contribution in [0.3, 0.4) is 0 Å². The van der Waals surface area contributed by atoms with E-state index in [4.69, 9.17) is 4.74 Å². The number of esters is 1. The third-order valence-corrected chi connectivity index (χ3v) is 3.78. The Morgan fingerprint density at radius 3 is 2.43 bits per heavy atom. The van der Waals surface area contributed by atoms with E-state index >= 15 is 0 Å². The van der Waals surface area contributed by atoms with Crippen molar-refractivity contribution in [1.29, 1.82) is 0 Å². The van der Waals surface area contributed by atoms with E-state index < -0.39 is 12.0 Å². The summed E-state index contributed by atoms with van der Waals surface area (Å²) in [5, 5.41) is 7.10. The summed E-state index contributed by atoms with van der Waals surface area (Å²) in [6.45, 7) is 3.51. The zero-order valence-corrected chi connectivity index (χ0v) is 13.7. The number of rotatable bonds is 5. The topological polar surface area (TPSA) is 73.2 Å². The van der Waals surface area contributed by atoms with Gasteiger partial charge in [0.05, 0.1) is 30.3 Å². The van der Waals surface area contributed by atoms with Gasteiger partial charge in [0.25, 0.3) is 5.91 Å². The monoisotopic (exact) mass is 315 g/mol. The molecule has 1 aromatic carbocycles. The largest absolute Gasteiger partial charge is 0.469 e. The number of nitrogens with zero attached hydrogens (tertiary/aromatic N) is 2. The molecule has 0 fully saturated rings. The Morgan fingerprint density at radius 1 is 1.26 bits per heavy atom. The molecule has 6 heteroatoms. The van der Waals surface area contributed by atoms with Gasteiger partial charge in [-0.1, -0.05) is 30.3 Å². The first-order chi connectivity index (χ1) is 10.9. The maximum Gasteiger partial charge on any atom is 0.310 e. The molecule has 0 aliphatic rings. The summed E-state index contributed by atoms with van der Waals surface area (Å²) in [5.41, 5.74) is 1.98. The summed E-state index contributed by atoms with van der Waals surface area (Å²) in [6, 6.07) is 8.90. The minimum Gasteiger partial charge on any atom is -0.469 e. The van der Waals surface area contributed by atoms with E-state index in [1.54, 1.807) is 31.8 Å². The second kappa shape index (κ2) is 7.09. The molecule has 23 heavy (non-hydrogen) atoms. The van der Waals surface area contributed by atoms with Crippen LogP contribution in [0.25, 0.3) is 0 Å². The molecule has 0 saturated carbocycles. The highest BCUT2D eigenvalue weighted by atomic mass is 16.5. The molecule has 0 spiro atoms. The van der Waals surface area contributed by atoms with Gasteiger partial charge in [-0.05, 0) is 19.4 Å². The van der Waals surface area contributed by atoms with Crippen LogP contribution in [0.5, 0.6) is 0 Å². The van der Waals surface area contributed by atoms with Crippen molar-refractivity contribution in [3.05, 3.63) is 53.3 Å². The Bertz CT molecular complexity index is 694. The molecule has 122 valence electrons. The van der Waals surface area contributed by atoms with Crippen molar-refractivity contribution >= 4 is 11.9 Å². The highest BCUT2D eigenvalue weighted by molar-refractivity contribution is 5.95. The molecule has 0 radical (unpaired) electrons. The number of hydrogen-bond donors (Lipinski definition) is 1. The molecular formula is C17H21N3O3. The number of methoxy groups -OCH3 is 1. The van der Waals surface area contributed by atoms with E-state index in [0.29, 0.717) is 11.3 Å². The molecule has 1 amide bonds. The maximum atomic E-state index is 12.6. The van der Waals surface area contributed by atoms with Crippen molar-refractivity contribution in [3.63, 3.8) is 0 Å².